The van der Waals surface area contributed by atoms with Crippen LogP contribution in [-0.2, 0) is 13.0 Å². The van der Waals surface area contributed by atoms with Gasteiger partial charge in [-0.1, -0.05) is 13.0 Å². The van der Waals surface area contributed by atoms with Gasteiger partial charge in [-0.05, 0) is 48.9 Å². The van der Waals surface area contributed by atoms with Crippen LogP contribution in [0.2, 0.25) is 0 Å². The minimum absolute atomic E-state index is 0.228. The molecule has 1 unspecified atom stereocenters. The molecule has 0 aliphatic rings. The predicted octanol–water partition coefficient (Wildman–Crippen LogP) is 3.40. The zero-order valence-corrected chi connectivity index (χ0v) is 15.9. The molecule has 0 radical (unpaired) electrons. The average Bonchev–Trinajstić information content (AvgIpc) is 3.11. The molecule has 3 N–H and O–H groups in total. The fraction of sp³-hybridized carbons (Fsp3) is 0.421. The number of methoxy groups -OCH3 is 1. The van der Waals surface area contributed by atoms with Crippen LogP contribution in [0.25, 0.3) is 0 Å². The summed E-state index contributed by atoms with van der Waals surface area (Å²) in [6.45, 7) is 6.28. The van der Waals surface area contributed by atoms with Crippen molar-refractivity contribution >= 4 is 17.3 Å². The fourth-order valence-corrected chi connectivity index (χ4v) is 3.31. The second-order valence-electron chi connectivity index (χ2n) is 5.96. The van der Waals surface area contributed by atoms with E-state index in [9.17, 15) is 5.11 Å². The maximum absolute atomic E-state index is 9.97. The normalized spacial score (nSPS) is 12.7. The second-order valence-corrected chi connectivity index (χ2v) is 6.99. The van der Waals surface area contributed by atoms with Gasteiger partial charge in [0.1, 0.15) is 11.5 Å². The van der Waals surface area contributed by atoms with Gasteiger partial charge in [-0.2, -0.15) is 0 Å². The van der Waals surface area contributed by atoms with Crippen LogP contribution in [0.1, 0.15) is 24.3 Å². The third-order valence-electron chi connectivity index (χ3n) is 3.79. The van der Waals surface area contributed by atoms with Crippen molar-refractivity contribution in [2.45, 2.75) is 26.8 Å². The Balaban J connectivity index is 1.93. The van der Waals surface area contributed by atoms with E-state index in [-0.39, 0.29) is 5.75 Å². The smallest absolute Gasteiger partial charge is 0.191 e. The van der Waals surface area contributed by atoms with Gasteiger partial charge in [0.25, 0.3) is 0 Å². The number of aromatic hydroxyl groups is 1. The molecule has 1 aromatic heterocycles. The number of rotatable bonds is 8. The summed E-state index contributed by atoms with van der Waals surface area (Å²) in [6, 6.07) is 9.44. The van der Waals surface area contributed by atoms with E-state index in [1.54, 1.807) is 30.6 Å². The van der Waals surface area contributed by atoms with E-state index in [0.717, 1.165) is 31.0 Å². The molecule has 6 heteroatoms. The van der Waals surface area contributed by atoms with E-state index >= 15 is 0 Å². The predicted molar refractivity (Wildman–Crippen MR) is 105 cm³/mol. The molecule has 1 aromatic carbocycles. The molecule has 2 rings (SSSR count). The molecule has 0 aliphatic heterocycles. The third kappa shape index (κ3) is 6.31. The molecule has 0 bridgehead atoms. The summed E-state index contributed by atoms with van der Waals surface area (Å²) in [5.74, 6) is 2.20. The van der Waals surface area contributed by atoms with E-state index in [1.807, 2.05) is 13.0 Å². The number of thiophene rings is 1. The maximum atomic E-state index is 9.97. The molecule has 25 heavy (non-hydrogen) atoms. The lowest BCUT2D eigenvalue weighted by molar-refractivity contribution is 0.411. The first-order valence-corrected chi connectivity index (χ1v) is 9.40. The summed E-state index contributed by atoms with van der Waals surface area (Å²) in [4.78, 5) is 5.97. The van der Waals surface area contributed by atoms with Crippen molar-refractivity contribution in [2.75, 3.05) is 20.2 Å². The zero-order valence-electron chi connectivity index (χ0n) is 15.1. The first kappa shape index (κ1) is 19.1. The van der Waals surface area contributed by atoms with Gasteiger partial charge in [0.2, 0.25) is 0 Å². The Kier molecular flexibility index (Phi) is 7.60. The van der Waals surface area contributed by atoms with Gasteiger partial charge >= 0.3 is 0 Å². The third-order valence-corrected chi connectivity index (χ3v) is 4.68. The molecule has 2 aromatic rings. The standard InChI is InChI=1S/C19H27N3O2S/c1-4-20-19(21-12-14(2)10-17-6-5-9-25-17)22-13-15-11-16(24-3)7-8-18(15)23/h5-9,11,14,23H,4,10,12-13H2,1-3H3,(H2,20,21,22). The van der Waals surface area contributed by atoms with E-state index in [1.165, 1.54) is 4.88 Å². The van der Waals surface area contributed by atoms with E-state index in [2.05, 4.69) is 40.1 Å². The fourth-order valence-electron chi connectivity index (χ4n) is 2.44. The number of hydrogen-bond acceptors (Lipinski definition) is 4. The average molecular weight is 362 g/mol. The van der Waals surface area contributed by atoms with Gasteiger partial charge in [0.05, 0.1) is 13.7 Å². The summed E-state index contributed by atoms with van der Waals surface area (Å²) in [5.41, 5.74) is 0.739. The van der Waals surface area contributed by atoms with Gasteiger partial charge in [0.15, 0.2) is 5.96 Å². The Bertz CT molecular complexity index is 671. The van der Waals surface area contributed by atoms with Gasteiger partial charge in [-0.3, -0.25) is 0 Å². The Morgan fingerprint density at radius 1 is 1.32 bits per heavy atom. The van der Waals surface area contributed by atoms with Crippen LogP contribution in [0.5, 0.6) is 11.5 Å². The van der Waals surface area contributed by atoms with Gasteiger partial charge in [-0.25, -0.2) is 4.99 Å². The van der Waals surface area contributed by atoms with Gasteiger partial charge in [0, 0.05) is 23.5 Å². The highest BCUT2D eigenvalue weighted by atomic mass is 32.1. The number of phenolic OH excluding ortho intramolecular Hbond substituents is 1. The Morgan fingerprint density at radius 2 is 2.16 bits per heavy atom. The van der Waals surface area contributed by atoms with Crippen LogP contribution in [0.3, 0.4) is 0 Å². The number of nitrogens with zero attached hydrogens (tertiary/aromatic N) is 1. The van der Waals surface area contributed by atoms with Gasteiger partial charge in [-0.15, -0.1) is 11.3 Å². The molecule has 136 valence electrons. The molecule has 5 nitrogen and oxygen atoms in total. The largest absolute Gasteiger partial charge is 0.508 e. The minimum atomic E-state index is 0.228. The van der Waals surface area contributed by atoms with Crippen LogP contribution in [-0.4, -0.2) is 31.3 Å². The molecule has 1 heterocycles. The van der Waals surface area contributed by atoms with Crippen molar-refractivity contribution in [3.8, 4) is 11.5 Å². The van der Waals surface area contributed by atoms with Crippen molar-refractivity contribution in [1.29, 1.82) is 0 Å². The van der Waals surface area contributed by atoms with Crippen LogP contribution in [0, 0.1) is 5.92 Å². The number of benzene rings is 1. The Hall–Kier alpha value is -2.21. The first-order chi connectivity index (χ1) is 12.1. The number of phenols is 1. The molecule has 0 aliphatic carbocycles. The number of ether oxygens (including phenoxy) is 1. The Labute approximate surface area is 153 Å². The molecule has 0 spiro atoms. The van der Waals surface area contributed by atoms with E-state index < -0.39 is 0 Å². The highest BCUT2D eigenvalue weighted by Gasteiger charge is 2.07. The van der Waals surface area contributed by atoms with Crippen LogP contribution in [0.4, 0.5) is 0 Å². The Morgan fingerprint density at radius 3 is 2.84 bits per heavy atom. The van der Waals surface area contributed by atoms with Crippen LogP contribution >= 0.6 is 11.3 Å². The van der Waals surface area contributed by atoms with Crippen molar-refractivity contribution in [2.24, 2.45) is 10.9 Å². The highest BCUT2D eigenvalue weighted by molar-refractivity contribution is 7.09. The maximum Gasteiger partial charge on any atom is 0.191 e. The molecular weight excluding hydrogens is 334 g/mol. The summed E-state index contributed by atoms with van der Waals surface area (Å²) in [6.07, 6.45) is 1.06. The quantitative estimate of drug-likeness (QED) is 0.498. The van der Waals surface area contributed by atoms with Crippen LogP contribution < -0.4 is 15.4 Å². The monoisotopic (exact) mass is 361 g/mol. The second kappa shape index (κ2) is 9.93. The lowest BCUT2D eigenvalue weighted by atomic mass is 10.1. The van der Waals surface area contributed by atoms with Crippen molar-refractivity contribution in [3.05, 3.63) is 46.2 Å². The topological polar surface area (TPSA) is 65.9 Å². The lowest BCUT2D eigenvalue weighted by Crippen LogP contribution is -2.39. The number of aliphatic imine (C=N–C) groups is 1. The van der Waals surface area contributed by atoms with Crippen molar-refractivity contribution in [3.63, 3.8) is 0 Å². The molecule has 1 atom stereocenters. The number of guanidine groups is 1. The van der Waals surface area contributed by atoms with Crippen LogP contribution in [0.15, 0.2) is 40.7 Å². The van der Waals surface area contributed by atoms with E-state index in [4.69, 9.17) is 4.74 Å². The zero-order chi connectivity index (χ0) is 18.1. The summed E-state index contributed by atoms with van der Waals surface area (Å²) in [5, 5.41) is 18.7. The SMILES string of the molecule is CCNC(=NCc1cc(OC)ccc1O)NCC(C)Cc1cccs1. The number of nitrogens with one attached hydrogen (secondary N) is 2. The molecule has 0 saturated carbocycles. The minimum Gasteiger partial charge on any atom is -0.508 e. The highest BCUT2D eigenvalue weighted by Crippen LogP contribution is 2.23. The molecule has 0 fully saturated rings. The van der Waals surface area contributed by atoms with Crippen molar-refractivity contribution in [1.82, 2.24) is 10.6 Å². The summed E-state index contributed by atoms with van der Waals surface area (Å²) >= 11 is 1.80. The number of hydrogen-bond donors (Lipinski definition) is 3. The first-order valence-electron chi connectivity index (χ1n) is 8.52. The summed E-state index contributed by atoms with van der Waals surface area (Å²) in [7, 11) is 1.61. The summed E-state index contributed by atoms with van der Waals surface area (Å²) < 4.78 is 5.20. The van der Waals surface area contributed by atoms with Gasteiger partial charge < -0.3 is 20.5 Å². The van der Waals surface area contributed by atoms with Crippen molar-refractivity contribution < 1.29 is 9.84 Å². The molecule has 0 saturated heterocycles. The molecular formula is C19H27N3O2S. The molecule has 0 amide bonds. The van der Waals surface area contributed by atoms with E-state index in [0.29, 0.717) is 18.2 Å². The lowest BCUT2D eigenvalue weighted by Gasteiger charge is -2.15.